The topological polar surface area (TPSA) is 46.5 Å². The van der Waals surface area contributed by atoms with E-state index in [0.29, 0.717) is 5.56 Å². The van der Waals surface area contributed by atoms with Crippen LogP contribution in [-0.4, -0.2) is 11.1 Å². The molecule has 0 saturated carbocycles. The average molecular weight is 343 g/mol. The van der Waals surface area contributed by atoms with Crippen molar-refractivity contribution in [1.82, 2.24) is 0 Å². The Kier molecular flexibility index (Phi) is 4.34. The summed E-state index contributed by atoms with van der Waals surface area (Å²) in [4.78, 5) is 11.2. The third-order valence-corrected chi connectivity index (χ3v) is 2.99. The monoisotopic (exact) mass is 342 g/mol. The molecule has 0 spiro atoms. The van der Waals surface area contributed by atoms with Crippen molar-refractivity contribution in [2.24, 2.45) is 0 Å². The van der Waals surface area contributed by atoms with Gasteiger partial charge in [0.05, 0.1) is 0 Å². The van der Waals surface area contributed by atoms with Gasteiger partial charge in [-0.1, -0.05) is 46.3 Å². The van der Waals surface area contributed by atoms with Crippen LogP contribution in [0.1, 0.15) is 11.7 Å². The molecule has 2 rings (SSSR count). The second-order valence-corrected chi connectivity index (χ2v) is 4.86. The maximum atomic E-state index is 13.6. The molecular formula is C14H9BrF2O3. The van der Waals surface area contributed by atoms with Crippen LogP contribution in [0.4, 0.5) is 8.78 Å². The fourth-order valence-corrected chi connectivity index (χ4v) is 2.04. The molecule has 20 heavy (non-hydrogen) atoms. The van der Waals surface area contributed by atoms with Gasteiger partial charge in [0.15, 0.2) is 11.6 Å². The zero-order valence-corrected chi connectivity index (χ0v) is 11.6. The van der Waals surface area contributed by atoms with E-state index in [9.17, 15) is 13.6 Å². The molecule has 0 bridgehead atoms. The molecule has 0 aromatic heterocycles. The predicted molar refractivity (Wildman–Crippen MR) is 71.5 cm³/mol. The lowest BCUT2D eigenvalue weighted by molar-refractivity contribution is -0.145. The fraction of sp³-hybridized carbons (Fsp3) is 0.0714. The minimum atomic E-state index is -1.42. The van der Waals surface area contributed by atoms with Gasteiger partial charge in [-0.05, 0) is 12.1 Å². The minimum absolute atomic E-state index is 0.253. The molecule has 2 aromatic rings. The van der Waals surface area contributed by atoms with Crippen LogP contribution in [0, 0.1) is 11.6 Å². The van der Waals surface area contributed by atoms with E-state index in [1.807, 2.05) is 0 Å². The van der Waals surface area contributed by atoms with E-state index in [4.69, 9.17) is 9.84 Å². The first-order valence-electron chi connectivity index (χ1n) is 5.58. The van der Waals surface area contributed by atoms with Gasteiger partial charge in [-0.2, -0.15) is 4.39 Å². The fourth-order valence-electron chi connectivity index (χ4n) is 1.63. The van der Waals surface area contributed by atoms with Gasteiger partial charge in [-0.3, -0.25) is 0 Å². The molecule has 1 atom stereocenters. The zero-order chi connectivity index (χ0) is 14.7. The van der Waals surface area contributed by atoms with E-state index in [1.54, 1.807) is 18.2 Å². The number of halogens is 3. The van der Waals surface area contributed by atoms with Gasteiger partial charge < -0.3 is 9.84 Å². The maximum absolute atomic E-state index is 13.6. The lowest BCUT2D eigenvalue weighted by Crippen LogP contribution is -2.18. The normalized spacial score (nSPS) is 11.9. The third kappa shape index (κ3) is 3.14. The van der Waals surface area contributed by atoms with Crippen molar-refractivity contribution in [3.63, 3.8) is 0 Å². The highest BCUT2D eigenvalue weighted by molar-refractivity contribution is 9.10. The van der Waals surface area contributed by atoms with Gasteiger partial charge in [0.1, 0.15) is 0 Å². The van der Waals surface area contributed by atoms with Gasteiger partial charge in [0, 0.05) is 10.0 Å². The molecule has 0 aliphatic heterocycles. The number of carbonyl (C=O) groups is 1. The number of benzene rings is 2. The first kappa shape index (κ1) is 14.5. The van der Waals surface area contributed by atoms with Crippen molar-refractivity contribution in [2.45, 2.75) is 6.10 Å². The van der Waals surface area contributed by atoms with Crippen LogP contribution in [0.5, 0.6) is 5.75 Å². The number of carboxylic acids is 1. The summed E-state index contributed by atoms with van der Waals surface area (Å²) >= 11 is 3.00. The largest absolute Gasteiger partial charge is 0.478 e. The van der Waals surface area contributed by atoms with Crippen LogP contribution in [-0.2, 0) is 4.79 Å². The summed E-state index contributed by atoms with van der Waals surface area (Å²) in [5.41, 5.74) is 0.333. The van der Waals surface area contributed by atoms with Gasteiger partial charge >= 0.3 is 5.97 Å². The van der Waals surface area contributed by atoms with Crippen LogP contribution >= 0.6 is 15.9 Å². The maximum Gasteiger partial charge on any atom is 0.349 e. The van der Waals surface area contributed by atoms with E-state index in [1.165, 1.54) is 18.2 Å². The molecule has 1 N–H and O–H groups in total. The Balaban J connectivity index is 2.37. The molecule has 0 saturated heterocycles. The number of rotatable bonds is 4. The Labute approximate surface area is 121 Å². The van der Waals surface area contributed by atoms with Crippen molar-refractivity contribution in [3.05, 3.63) is 64.1 Å². The molecule has 6 heteroatoms. The molecule has 2 aromatic carbocycles. The summed E-state index contributed by atoms with van der Waals surface area (Å²) in [7, 11) is 0. The predicted octanol–water partition coefficient (Wildman–Crippen LogP) is 3.93. The van der Waals surface area contributed by atoms with E-state index >= 15 is 0 Å². The van der Waals surface area contributed by atoms with Gasteiger partial charge in [0.25, 0.3) is 0 Å². The summed E-state index contributed by atoms with van der Waals surface area (Å²) in [5.74, 6) is -4.11. The Morgan fingerprint density at radius 2 is 1.85 bits per heavy atom. The number of hydrogen-bond donors (Lipinski definition) is 1. The molecule has 0 fully saturated rings. The van der Waals surface area contributed by atoms with Crippen LogP contribution in [0.3, 0.4) is 0 Å². The quantitative estimate of drug-likeness (QED) is 0.856. The average Bonchev–Trinajstić information content (AvgIpc) is 2.41. The Morgan fingerprint density at radius 3 is 2.45 bits per heavy atom. The lowest BCUT2D eigenvalue weighted by Gasteiger charge is -2.16. The Morgan fingerprint density at radius 1 is 1.20 bits per heavy atom. The first-order chi connectivity index (χ1) is 9.49. The van der Waals surface area contributed by atoms with Crippen molar-refractivity contribution >= 4 is 21.9 Å². The second-order valence-electron chi connectivity index (χ2n) is 3.95. The number of ether oxygens (including phenoxy) is 1. The van der Waals surface area contributed by atoms with Crippen molar-refractivity contribution in [3.8, 4) is 5.75 Å². The van der Waals surface area contributed by atoms with E-state index < -0.39 is 29.5 Å². The lowest BCUT2D eigenvalue weighted by atomic mass is 10.1. The molecule has 0 heterocycles. The molecule has 3 nitrogen and oxygen atoms in total. The van der Waals surface area contributed by atoms with Crippen molar-refractivity contribution < 1.29 is 23.4 Å². The molecule has 104 valence electrons. The van der Waals surface area contributed by atoms with E-state index in [0.717, 1.165) is 6.07 Å². The Bertz CT molecular complexity index is 632. The van der Waals surface area contributed by atoms with Gasteiger partial charge in [-0.15, -0.1) is 0 Å². The van der Waals surface area contributed by atoms with Crippen molar-refractivity contribution in [1.29, 1.82) is 0 Å². The number of aliphatic carboxylic acids is 1. The molecular weight excluding hydrogens is 334 g/mol. The molecule has 1 unspecified atom stereocenters. The highest BCUT2D eigenvalue weighted by Crippen LogP contribution is 2.29. The summed E-state index contributed by atoms with van der Waals surface area (Å²) in [6, 6.07) is 10.1. The second kappa shape index (κ2) is 6.00. The standard InChI is InChI=1S/C14H9BrF2O3/c15-9-6-10(16)12(17)11(7-9)20-13(14(18)19)8-4-2-1-3-5-8/h1-7,13H,(H,18,19). The number of carboxylic acid groups (broad SMARTS) is 1. The van der Waals surface area contributed by atoms with Crippen LogP contribution in [0.2, 0.25) is 0 Å². The van der Waals surface area contributed by atoms with Crippen molar-refractivity contribution in [2.75, 3.05) is 0 Å². The molecule has 0 amide bonds. The Hall–Kier alpha value is -1.95. The highest BCUT2D eigenvalue weighted by Gasteiger charge is 2.24. The zero-order valence-electron chi connectivity index (χ0n) is 10.0. The van der Waals surface area contributed by atoms with Crippen LogP contribution in [0.25, 0.3) is 0 Å². The summed E-state index contributed by atoms with van der Waals surface area (Å²) in [6.07, 6.45) is -1.42. The molecule has 0 aliphatic rings. The summed E-state index contributed by atoms with van der Waals surface area (Å²) in [6.45, 7) is 0. The van der Waals surface area contributed by atoms with Gasteiger partial charge in [-0.25, -0.2) is 9.18 Å². The third-order valence-electron chi connectivity index (χ3n) is 2.53. The number of hydrogen-bond acceptors (Lipinski definition) is 2. The van der Waals surface area contributed by atoms with Crippen LogP contribution in [0.15, 0.2) is 46.9 Å². The summed E-state index contributed by atoms with van der Waals surface area (Å²) < 4.78 is 32.2. The molecule has 0 radical (unpaired) electrons. The van der Waals surface area contributed by atoms with Gasteiger partial charge in [0.2, 0.25) is 11.9 Å². The van der Waals surface area contributed by atoms with Crippen LogP contribution < -0.4 is 4.74 Å². The minimum Gasteiger partial charge on any atom is -0.478 e. The smallest absolute Gasteiger partial charge is 0.349 e. The first-order valence-corrected chi connectivity index (χ1v) is 6.37. The highest BCUT2D eigenvalue weighted by atomic mass is 79.9. The SMILES string of the molecule is O=C(O)C(Oc1cc(Br)cc(F)c1F)c1ccccc1. The van der Waals surface area contributed by atoms with E-state index in [-0.39, 0.29) is 4.47 Å². The van der Waals surface area contributed by atoms with E-state index in [2.05, 4.69) is 15.9 Å². The molecule has 0 aliphatic carbocycles. The summed E-state index contributed by atoms with van der Waals surface area (Å²) in [5, 5.41) is 9.16.